The Bertz CT molecular complexity index is 1740. The summed E-state index contributed by atoms with van der Waals surface area (Å²) in [6, 6.07) is 26.2. The molecule has 0 bridgehead atoms. The minimum Gasteiger partial charge on any atom is -0.436 e. The van der Waals surface area contributed by atoms with Gasteiger partial charge in [0.15, 0.2) is 11.5 Å². The largest absolute Gasteiger partial charge is 0.436 e. The van der Waals surface area contributed by atoms with Gasteiger partial charge in [-0.15, -0.1) is 5.10 Å². The third kappa shape index (κ3) is 4.54. The highest BCUT2D eigenvalue weighted by Crippen LogP contribution is 2.41. The summed E-state index contributed by atoms with van der Waals surface area (Å²) in [4.78, 5) is 22.4. The van der Waals surface area contributed by atoms with Crippen LogP contribution in [-0.4, -0.2) is 25.5 Å². The van der Waals surface area contributed by atoms with E-state index < -0.39 is 0 Å². The Kier molecular flexibility index (Phi) is 6.32. The Balaban J connectivity index is 1.10. The van der Waals surface area contributed by atoms with Gasteiger partial charge in [0.05, 0.1) is 6.20 Å². The highest BCUT2D eigenvalue weighted by molar-refractivity contribution is 7.98. The molecule has 1 N–H and O–H groups in total. The van der Waals surface area contributed by atoms with E-state index in [0.29, 0.717) is 29.2 Å². The molecule has 0 radical (unpaired) electrons. The number of Topliss-reactive ketones (excluding diaryl/α,β-unsaturated/α-hetero) is 1. The predicted octanol–water partition coefficient (Wildman–Crippen LogP) is 7.22. The summed E-state index contributed by atoms with van der Waals surface area (Å²) in [7, 11) is 0. The molecule has 8 heteroatoms. The molecule has 1 atom stereocenters. The molecule has 0 spiro atoms. The maximum Gasteiger partial charge on any atom is 0.227 e. The Morgan fingerprint density at radius 2 is 1.77 bits per heavy atom. The van der Waals surface area contributed by atoms with Crippen LogP contribution in [0.4, 0.5) is 5.95 Å². The second kappa shape index (κ2) is 10.3. The normalized spacial score (nSPS) is 16.4. The molecule has 0 fully saturated rings. The van der Waals surface area contributed by atoms with E-state index in [1.807, 2.05) is 59.3 Å². The number of aromatic nitrogens is 4. The van der Waals surface area contributed by atoms with Crippen LogP contribution in [0.25, 0.3) is 22.8 Å². The highest BCUT2D eigenvalue weighted by Gasteiger charge is 2.37. The Labute approximate surface area is 236 Å². The fourth-order valence-corrected chi connectivity index (χ4v) is 6.20. The average molecular weight is 546 g/mol. The first kappa shape index (κ1) is 24.6. The molecular weight excluding hydrogens is 518 g/mol. The third-order valence-corrected chi connectivity index (χ3v) is 8.37. The third-order valence-electron chi connectivity index (χ3n) is 7.46. The van der Waals surface area contributed by atoms with E-state index in [-0.39, 0.29) is 11.8 Å². The van der Waals surface area contributed by atoms with Gasteiger partial charge in [0.25, 0.3) is 0 Å². The summed E-state index contributed by atoms with van der Waals surface area (Å²) < 4.78 is 7.89. The van der Waals surface area contributed by atoms with E-state index in [9.17, 15) is 4.79 Å². The van der Waals surface area contributed by atoms with Crippen molar-refractivity contribution in [3.63, 3.8) is 0 Å². The van der Waals surface area contributed by atoms with Crippen LogP contribution in [0.1, 0.15) is 42.0 Å². The topological polar surface area (TPSA) is 85.8 Å². The van der Waals surface area contributed by atoms with Gasteiger partial charge >= 0.3 is 0 Å². The number of nitrogens with zero attached hydrogens (tertiary/aromatic N) is 4. The molecular formula is C32H27N5O2S. The molecule has 0 saturated heterocycles. The van der Waals surface area contributed by atoms with Gasteiger partial charge in [-0.1, -0.05) is 78.5 Å². The van der Waals surface area contributed by atoms with Gasteiger partial charge in [0.2, 0.25) is 17.0 Å². The quantitative estimate of drug-likeness (QED) is 0.225. The van der Waals surface area contributed by atoms with Crippen LogP contribution < -0.4 is 5.32 Å². The lowest BCUT2D eigenvalue weighted by atomic mass is 9.84. The zero-order chi connectivity index (χ0) is 27.1. The fraction of sp³-hybridized carbons (Fsp3) is 0.188. The second-order valence-corrected chi connectivity index (χ2v) is 11.0. The Morgan fingerprint density at radius 1 is 0.975 bits per heavy atom. The summed E-state index contributed by atoms with van der Waals surface area (Å²) in [5, 5.41) is 8.98. The van der Waals surface area contributed by atoms with Crippen LogP contribution in [0.5, 0.6) is 0 Å². The first-order chi connectivity index (χ1) is 19.6. The van der Waals surface area contributed by atoms with Crippen molar-refractivity contribution in [3.8, 4) is 22.8 Å². The molecule has 7 rings (SSSR count). The maximum absolute atomic E-state index is 13.1. The molecule has 2 aliphatic rings. The van der Waals surface area contributed by atoms with Gasteiger partial charge in [0.1, 0.15) is 6.04 Å². The highest BCUT2D eigenvalue weighted by atomic mass is 32.2. The summed E-state index contributed by atoms with van der Waals surface area (Å²) in [6.07, 6.45) is 4.05. The molecule has 0 saturated carbocycles. The molecule has 198 valence electrons. The number of rotatable bonds is 6. The molecule has 2 aromatic heterocycles. The van der Waals surface area contributed by atoms with Crippen LogP contribution in [0.2, 0.25) is 0 Å². The van der Waals surface area contributed by atoms with E-state index in [2.05, 4.69) is 41.5 Å². The van der Waals surface area contributed by atoms with E-state index in [4.69, 9.17) is 14.5 Å². The molecule has 3 heterocycles. The van der Waals surface area contributed by atoms with E-state index >= 15 is 0 Å². The Morgan fingerprint density at radius 3 is 2.60 bits per heavy atom. The number of benzene rings is 3. The number of ketones is 1. The molecule has 3 aromatic carbocycles. The van der Waals surface area contributed by atoms with Crippen LogP contribution in [0, 0.1) is 6.92 Å². The van der Waals surface area contributed by atoms with Crippen molar-refractivity contribution in [3.05, 3.63) is 113 Å². The van der Waals surface area contributed by atoms with Gasteiger partial charge in [-0.05, 0) is 48.6 Å². The first-order valence-corrected chi connectivity index (χ1v) is 14.4. The van der Waals surface area contributed by atoms with E-state index in [1.165, 1.54) is 0 Å². The second-order valence-electron chi connectivity index (χ2n) is 10.1. The zero-order valence-electron chi connectivity index (χ0n) is 22.0. The van der Waals surface area contributed by atoms with Crippen molar-refractivity contribution in [2.45, 2.75) is 43.1 Å². The number of thioether (sulfide) groups is 1. The maximum atomic E-state index is 13.1. The Hall–Kier alpha value is -4.43. The number of hydrogen-bond acceptors (Lipinski definition) is 7. The first-order valence-electron chi connectivity index (χ1n) is 13.4. The summed E-state index contributed by atoms with van der Waals surface area (Å²) in [6.45, 7) is 2.08. The lowest BCUT2D eigenvalue weighted by molar-refractivity contribution is -0.116. The zero-order valence-corrected chi connectivity index (χ0v) is 22.8. The molecule has 40 heavy (non-hydrogen) atoms. The molecule has 1 aliphatic heterocycles. The smallest absolute Gasteiger partial charge is 0.227 e. The number of oxazole rings is 1. The summed E-state index contributed by atoms with van der Waals surface area (Å²) in [5.74, 6) is 2.95. The molecule has 1 aliphatic carbocycles. The standard InChI is InChI=1S/C32H27N5O2S/c1-20-8-5-6-11-24(20)29-28-25(12-7-13-26(28)38)34-31-35-32(36-37(29)31)40-19-21-14-16-23(17-15-21)30-33-18-27(39-30)22-9-3-2-4-10-22/h2-6,8-11,14-18,29H,7,12-13,19H2,1H3,(H,34,35,36)/t29-/m1/s1. The summed E-state index contributed by atoms with van der Waals surface area (Å²) >= 11 is 1.58. The number of aryl methyl sites for hydroxylation is 1. The van der Waals surface area contributed by atoms with Crippen molar-refractivity contribution in [1.29, 1.82) is 0 Å². The monoisotopic (exact) mass is 545 g/mol. The van der Waals surface area contributed by atoms with Gasteiger partial charge in [-0.3, -0.25) is 4.79 Å². The van der Waals surface area contributed by atoms with Crippen LogP contribution in [0.15, 0.2) is 106 Å². The van der Waals surface area contributed by atoms with Crippen molar-refractivity contribution >= 4 is 23.5 Å². The van der Waals surface area contributed by atoms with Crippen molar-refractivity contribution < 1.29 is 9.21 Å². The average Bonchev–Trinajstić information content (AvgIpc) is 3.64. The number of nitrogens with one attached hydrogen (secondary N) is 1. The lowest BCUT2D eigenvalue weighted by Crippen LogP contribution is -2.31. The number of hydrogen-bond donors (Lipinski definition) is 1. The van der Waals surface area contributed by atoms with Gasteiger partial charge < -0.3 is 9.73 Å². The molecule has 5 aromatic rings. The minimum absolute atomic E-state index is 0.194. The molecule has 7 nitrogen and oxygen atoms in total. The van der Waals surface area contributed by atoms with Gasteiger partial charge in [-0.25, -0.2) is 9.67 Å². The van der Waals surface area contributed by atoms with Crippen molar-refractivity contribution in [2.75, 3.05) is 5.32 Å². The van der Waals surface area contributed by atoms with Crippen LogP contribution >= 0.6 is 11.8 Å². The predicted molar refractivity (Wildman–Crippen MR) is 156 cm³/mol. The minimum atomic E-state index is -0.261. The lowest BCUT2D eigenvalue weighted by Gasteiger charge is -2.32. The van der Waals surface area contributed by atoms with Crippen molar-refractivity contribution in [1.82, 2.24) is 19.7 Å². The SMILES string of the molecule is Cc1ccccc1[C@@H]1C2=C(CCCC2=O)Nc2nc(SCc3ccc(-c4ncc(-c5ccccc5)o4)cc3)nn21. The van der Waals surface area contributed by atoms with E-state index in [1.54, 1.807) is 18.0 Å². The van der Waals surface area contributed by atoms with E-state index in [0.717, 1.165) is 57.7 Å². The molecule has 0 unspecified atom stereocenters. The number of carbonyl (C=O) groups excluding carboxylic acids is 1. The van der Waals surface area contributed by atoms with Crippen molar-refractivity contribution in [2.24, 2.45) is 0 Å². The van der Waals surface area contributed by atoms with Gasteiger partial charge in [0, 0.05) is 34.6 Å². The fourth-order valence-electron chi connectivity index (χ4n) is 5.41. The van der Waals surface area contributed by atoms with Crippen LogP contribution in [-0.2, 0) is 10.5 Å². The number of allylic oxidation sites excluding steroid dienone is 2. The molecule has 0 amide bonds. The van der Waals surface area contributed by atoms with Crippen LogP contribution in [0.3, 0.4) is 0 Å². The number of anilines is 1. The summed E-state index contributed by atoms with van der Waals surface area (Å²) in [5.41, 5.74) is 7.12. The van der Waals surface area contributed by atoms with Gasteiger partial charge in [-0.2, -0.15) is 4.98 Å². The number of fused-ring (bicyclic) bond motifs is 1. The number of carbonyl (C=O) groups is 1.